The van der Waals surface area contributed by atoms with Crippen molar-refractivity contribution in [3.05, 3.63) is 47.5 Å². The molecule has 2 nitrogen and oxygen atoms in total. The Labute approximate surface area is 139 Å². The Morgan fingerprint density at radius 3 is 2.57 bits per heavy atom. The number of benzene rings is 2. The lowest BCUT2D eigenvalue weighted by atomic mass is 9.94. The summed E-state index contributed by atoms with van der Waals surface area (Å²) in [7, 11) is 1.70. The van der Waals surface area contributed by atoms with E-state index in [1.165, 1.54) is 22.3 Å². The van der Waals surface area contributed by atoms with Gasteiger partial charge < -0.3 is 9.47 Å². The molecule has 110 valence electrons. The first-order valence-corrected chi connectivity index (χ1v) is 8.81. The fourth-order valence-electron chi connectivity index (χ4n) is 2.87. The lowest BCUT2D eigenvalue weighted by Crippen LogP contribution is -2.14. The van der Waals surface area contributed by atoms with E-state index in [0.29, 0.717) is 6.10 Å². The summed E-state index contributed by atoms with van der Waals surface area (Å²) < 4.78 is 12.4. The third-order valence-corrected chi connectivity index (χ3v) is 4.99. The van der Waals surface area contributed by atoms with Gasteiger partial charge in [-0.1, -0.05) is 53.8 Å². The van der Waals surface area contributed by atoms with Crippen molar-refractivity contribution in [1.29, 1.82) is 0 Å². The molecule has 0 aromatic heterocycles. The van der Waals surface area contributed by atoms with Crippen LogP contribution in [0.5, 0.6) is 11.5 Å². The molecule has 0 spiro atoms. The van der Waals surface area contributed by atoms with Crippen molar-refractivity contribution in [2.45, 2.75) is 25.9 Å². The zero-order valence-corrected chi connectivity index (χ0v) is 14.5. The van der Waals surface area contributed by atoms with Crippen molar-refractivity contribution < 1.29 is 9.47 Å². The first-order valence-electron chi connectivity index (χ1n) is 7.28. The van der Waals surface area contributed by atoms with Gasteiger partial charge in [0.1, 0.15) is 17.6 Å². The second kappa shape index (κ2) is 6.26. The molecule has 21 heavy (non-hydrogen) atoms. The molecule has 1 atom stereocenters. The highest BCUT2D eigenvalue weighted by Gasteiger charge is 2.27. The fourth-order valence-corrected chi connectivity index (χ4v) is 3.36. The average molecular weight is 394 g/mol. The maximum atomic E-state index is 6.15. The van der Waals surface area contributed by atoms with Crippen LogP contribution in [-0.4, -0.2) is 17.6 Å². The molecule has 0 bridgehead atoms. The fraction of sp³-hybridized carbons (Fsp3) is 0.333. The first kappa shape index (κ1) is 14.7. The standard InChI is InChI=1S/C18H19IO2/c1-3-12-6-9-16(13-4-7-14(20-2)8-5-13)17-10-15(11-19)21-18(12)17/h4-9,15H,3,10-11H2,1-2H3. The number of hydrogen-bond acceptors (Lipinski definition) is 2. The predicted molar refractivity (Wildman–Crippen MR) is 94.8 cm³/mol. The summed E-state index contributed by atoms with van der Waals surface area (Å²) in [5.41, 5.74) is 5.19. The maximum absolute atomic E-state index is 6.15. The molecule has 0 aliphatic carbocycles. The van der Waals surface area contributed by atoms with Gasteiger partial charge in [-0.25, -0.2) is 0 Å². The molecule has 3 rings (SSSR count). The number of fused-ring (bicyclic) bond motifs is 1. The van der Waals surface area contributed by atoms with E-state index in [1.807, 2.05) is 12.1 Å². The van der Waals surface area contributed by atoms with Crippen LogP contribution in [0.1, 0.15) is 18.1 Å². The van der Waals surface area contributed by atoms with E-state index in [4.69, 9.17) is 9.47 Å². The molecule has 0 saturated carbocycles. The number of methoxy groups -OCH3 is 1. The van der Waals surface area contributed by atoms with E-state index < -0.39 is 0 Å². The van der Waals surface area contributed by atoms with Gasteiger partial charge in [0.15, 0.2) is 0 Å². The summed E-state index contributed by atoms with van der Waals surface area (Å²) in [5, 5.41) is 0. The zero-order valence-electron chi connectivity index (χ0n) is 12.4. The Kier molecular flexibility index (Phi) is 4.38. The van der Waals surface area contributed by atoms with Crippen LogP contribution in [0.15, 0.2) is 36.4 Å². The summed E-state index contributed by atoms with van der Waals surface area (Å²) in [6.45, 7) is 2.18. The highest BCUT2D eigenvalue weighted by molar-refractivity contribution is 14.1. The lowest BCUT2D eigenvalue weighted by molar-refractivity contribution is 0.260. The number of alkyl halides is 1. The Morgan fingerprint density at radius 2 is 1.95 bits per heavy atom. The van der Waals surface area contributed by atoms with Crippen molar-refractivity contribution in [3.63, 3.8) is 0 Å². The molecule has 0 N–H and O–H groups in total. The van der Waals surface area contributed by atoms with Crippen LogP contribution in [0.4, 0.5) is 0 Å². The smallest absolute Gasteiger partial charge is 0.126 e. The van der Waals surface area contributed by atoms with E-state index >= 15 is 0 Å². The average Bonchev–Trinajstić information content (AvgIpc) is 2.98. The number of hydrogen-bond donors (Lipinski definition) is 0. The Morgan fingerprint density at radius 1 is 1.19 bits per heavy atom. The van der Waals surface area contributed by atoms with Crippen LogP contribution in [0.25, 0.3) is 11.1 Å². The monoisotopic (exact) mass is 394 g/mol. The van der Waals surface area contributed by atoms with Gasteiger partial charge in [-0.3, -0.25) is 0 Å². The SMILES string of the molecule is CCc1ccc(-c2ccc(OC)cc2)c2c1OC(CI)C2. The van der Waals surface area contributed by atoms with Crippen LogP contribution < -0.4 is 9.47 Å². The molecule has 3 heteroatoms. The minimum absolute atomic E-state index is 0.310. The van der Waals surface area contributed by atoms with E-state index in [0.717, 1.165) is 28.8 Å². The molecule has 2 aromatic rings. The van der Waals surface area contributed by atoms with Gasteiger partial charge in [0.25, 0.3) is 0 Å². The van der Waals surface area contributed by atoms with Gasteiger partial charge in [0, 0.05) is 16.4 Å². The summed E-state index contributed by atoms with van der Waals surface area (Å²) in [4.78, 5) is 0. The van der Waals surface area contributed by atoms with Crippen LogP contribution >= 0.6 is 22.6 Å². The zero-order chi connectivity index (χ0) is 14.8. The van der Waals surface area contributed by atoms with Crippen LogP contribution in [-0.2, 0) is 12.8 Å². The second-order valence-electron chi connectivity index (χ2n) is 5.26. The Hall–Kier alpha value is -1.23. The molecule has 0 fully saturated rings. The molecule has 2 aromatic carbocycles. The number of rotatable bonds is 4. The second-order valence-corrected chi connectivity index (χ2v) is 6.14. The van der Waals surface area contributed by atoms with Gasteiger partial charge in [0.05, 0.1) is 7.11 Å². The third kappa shape index (κ3) is 2.76. The van der Waals surface area contributed by atoms with E-state index in [9.17, 15) is 0 Å². The summed E-state index contributed by atoms with van der Waals surface area (Å²) in [5.74, 6) is 2.01. The first-order chi connectivity index (χ1) is 10.3. The summed E-state index contributed by atoms with van der Waals surface area (Å²) in [6, 6.07) is 12.7. The molecule has 0 radical (unpaired) electrons. The van der Waals surface area contributed by atoms with Crippen molar-refractivity contribution >= 4 is 22.6 Å². The predicted octanol–water partition coefficient (Wildman–Crippen LogP) is 4.66. The van der Waals surface area contributed by atoms with Gasteiger partial charge in [-0.05, 0) is 35.2 Å². The van der Waals surface area contributed by atoms with Crippen molar-refractivity contribution in [3.8, 4) is 22.6 Å². The normalized spacial score (nSPS) is 16.4. The minimum Gasteiger partial charge on any atom is -0.497 e. The Balaban J connectivity index is 2.05. The molecular formula is C18H19IO2. The van der Waals surface area contributed by atoms with Crippen molar-refractivity contribution in [2.24, 2.45) is 0 Å². The van der Waals surface area contributed by atoms with Gasteiger partial charge in [-0.2, -0.15) is 0 Å². The molecule has 1 heterocycles. The van der Waals surface area contributed by atoms with E-state index in [2.05, 4.69) is 53.8 Å². The van der Waals surface area contributed by atoms with Gasteiger partial charge in [-0.15, -0.1) is 0 Å². The van der Waals surface area contributed by atoms with E-state index in [1.54, 1.807) is 7.11 Å². The van der Waals surface area contributed by atoms with Gasteiger partial charge >= 0.3 is 0 Å². The van der Waals surface area contributed by atoms with Crippen LogP contribution in [0.3, 0.4) is 0 Å². The molecular weight excluding hydrogens is 375 g/mol. The van der Waals surface area contributed by atoms with Crippen molar-refractivity contribution in [2.75, 3.05) is 11.5 Å². The topological polar surface area (TPSA) is 18.5 Å². The number of ether oxygens (including phenoxy) is 2. The number of halogens is 1. The minimum atomic E-state index is 0.310. The highest BCUT2D eigenvalue weighted by Crippen LogP contribution is 2.40. The molecule has 0 amide bonds. The lowest BCUT2D eigenvalue weighted by Gasteiger charge is -2.12. The van der Waals surface area contributed by atoms with Gasteiger partial charge in [0.2, 0.25) is 0 Å². The highest BCUT2D eigenvalue weighted by atomic mass is 127. The molecule has 1 aliphatic rings. The summed E-state index contributed by atoms with van der Waals surface area (Å²) in [6.07, 6.45) is 2.33. The van der Waals surface area contributed by atoms with Crippen LogP contribution in [0.2, 0.25) is 0 Å². The number of aryl methyl sites for hydroxylation is 1. The van der Waals surface area contributed by atoms with E-state index in [-0.39, 0.29) is 0 Å². The largest absolute Gasteiger partial charge is 0.497 e. The molecule has 0 saturated heterocycles. The Bertz CT molecular complexity index is 634. The maximum Gasteiger partial charge on any atom is 0.126 e. The molecule has 1 unspecified atom stereocenters. The molecule has 1 aliphatic heterocycles. The van der Waals surface area contributed by atoms with Crippen LogP contribution in [0, 0.1) is 0 Å². The summed E-state index contributed by atoms with van der Waals surface area (Å²) >= 11 is 2.41. The van der Waals surface area contributed by atoms with Crippen molar-refractivity contribution in [1.82, 2.24) is 0 Å². The third-order valence-electron chi connectivity index (χ3n) is 4.01. The quantitative estimate of drug-likeness (QED) is 0.555.